The average molecular weight is 269 g/mol. The molecule has 2 fully saturated rings. The second-order valence-corrected chi connectivity index (χ2v) is 6.59. The van der Waals surface area contributed by atoms with Gasteiger partial charge >= 0.3 is 0 Å². The molecule has 2 atom stereocenters. The molecule has 0 spiro atoms. The Bertz CT molecular complexity index is 254. The van der Waals surface area contributed by atoms with Crippen molar-refractivity contribution in [1.29, 1.82) is 0 Å². The predicted molar refractivity (Wildman–Crippen MR) is 79.5 cm³/mol. The summed E-state index contributed by atoms with van der Waals surface area (Å²) < 4.78 is 5.48. The lowest BCUT2D eigenvalue weighted by atomic mass is 10.0. The molecule has 2 aliphatic heterocycles. The molecule has 4 nitrogen and oxygen atoms in total. The number of hydrogen-bond acceptors (Lipinski definition) is 4. The van der Waals surface area contributed by atoms with Gasteiger partial charge in [-0.3, -0.25) is 4.90 Å². The van der Waals surface area contributed by atoms with E-state index in [1.807, 2.05) is 0 Å². The molecule has 2 rings (SSSR count). The lowest BCUT2D eigenvalue weighted by Gasteiger charge is -2.36. The van der Waals surface area contributed by atoms with Crippen molar-refractivity contribution in [1.82, 2.24) is 15.1 Å². The third-order valence-electron chi connectivity index (χ3n) is 4.34. The second-order valence-electron chi connectivity index (χ2n) is 6.59. The first-order valence-corrected chi connectivity index (χ1v) is 7.89. The first kappa shape index (κ1) is 15.2. The number of ether oxygens (including phenoxy) is 1. The largest absolute Gasteiger partial charge is 0.379 e. The molecule has 0 aromatic heterocycles. The Morgan fingerprint density at radius 1 is 1.21 bits per heavy atom. The molecule has 2 saturated heterocycles. The van der Waals surface area contributed by atoms with Crippen LogP contribution in [0.25, 0.3) is 0 Å². The van der Waals surface area contributed by atoms with E-state index in [9.17, 15) is 0 Å². The minimum Gasteiger partial charge on any atom is -0.379 e. The van der Waals surface area contributed by atoms with Gasteiger partial charge in [-0.2, -0.15) is 0 Å². The molecule has 0 aliphatic carbocycles. The predicted octanol–water partition coefficient (Wildman–Crippen LogP) is 1.03. The third-order valence-corrected chi connectivity index (χ3v) is 4.34. The lowest BCUT2D eigenvalue weighted by molar-refractivity contribution is 0.0119. The summed E-state index contributed by atoms with van der Waals surface area (Å²) in [5, 5.41) is 3.79. The van der Waals surface area contributed by atoms with Crippen LogP contribution in [-0.4, -0.2) is 74.9 Å². The van der Waals surface area contributed by atoms with Gasteiger partial charge in [-0.15, -0.1) is 0 Å². The van der Waals surface area contributed by atoms with Crippen LogP contribution in [0.3, 0.4) is 0 Å². The van der Waals surface area contributed by atoms with Crippen molar-refractivity contribution in [3.63, 3.8) is 0 Å². The molecule has 2 unspecified atom stereocenters. The van der Waals surface area contributed by atoms with Crippen LogP contribution in [-0.2, 0) is 4.74 Å². The summed E-state index contributed by atoms with van der Waals surface area (Å²) in [4.78, 5) is 5.04. The van der Waals surface area contributed by atoms with E-state index in [-0.39, 0.29) is 0 Å². The van der Waals surface area contributed by atoms with Gasteiger partial charge in [0.05, 0.1) is 13.2 Å². The molecule has 1 N–H and O–H groups in total. The number of nitrogens with one attached hydrogen (secondary N) is 1. The molecular formula is C15H31N3O. The van der Waals surface area contributed by atoms with E-state index in [1.54, 1.807) is 0 Å². The number of likely N-dealkylation sites (tertiary alicyclic amines) is 1. The molecule has 0 bridgehead atoms. The zero-order chi connectivity index (χ0) is 13.7. The average Bonchev–Trinajstić information content (AvgIpc) is 2.81. The van der Waals surface area contributed by atoms with Crippen molar-refractivity contribution < 1.29 is 4.74 Å². The topological polar surface area (TPSA) is 27.7 Å². The molecule has 2 heterocycles. The van der Waals surface area contributed by atoms with Crippen molar-refractivity contribution in [2.75, 3.05) is 53.0 Å². The molecule has 0 aromatic carbocycles. The van der Waals surface area contributed by atoms with Crippen molar-refractivity contribution in [2.45, 2.75) is 38.8 Å². The van der Waals surface area contributed by atoms with E-state index in [1.165, 1.54) is 25.9 Å². The Morgan fingerprint density at radius 2 is 1.95 bits per heavy atom. The minimum atomic E-state index is 0.676. The maximum Gasteiger partial charge on any atom is 0.0594 e. The SMILES string of the molecule is CC(C)CC(CNC1CCN(C)C1)N1CCOCC1. The van der Waals surface area contributed by atoms with Crippen LogP contribution < -0.4 is 5.32 Å². The highest BCUT2D eigenvalue weighted by molar-refractivity contribution is 4.83. The molecular weight excluding hydrogens is 238 g/mol. The summed E-state index contributed by atoms with van der Waals surface area (Å²) in [5.74, 6) is 0.765. The van der Waals surface area contributed by atoms with Crippen LogP contribution in [0, 0.1) is 5.92 Å². The number of nitrogens with zero attached hydrogens (tertiary/aromatic N) is 2. The summed E-state index contributed by atoms with van der Waals surface area (Å²) in [5.41, 5.74) is 0. The summed E-state index contributed by atoms with van der Waals surface area (Å²) in [6, 6.07) is 1.37. The maximum absolute atomic E-state index is 5.48. The van der Waals surface area contributed by atoms with E-state index >= 15 is 0 Å². The number of rotatable bonds is 6. The fourth-order valence-corrected chi connectivity index (χ4v) is 3.25. The zero-order valence-electron chi connectivity index (χ0n) is 12.9. The Morgan fingerprint density at radius 3 is 2.53 bits per heavy atom. The number of hydrogen-bond donors (Lipinski definition) is 1. The van der Waals surface area contributed by atoms with Gasteiger partial charge in [0, 0.05) is 38.3 Å². The van der Waals surface area contributed by atoms with Gasteiger partial charge in [-0.25, -0.2) is 0 Å². The van der Waals surface area contributed by atoms with Gasteiger partial charge in [-0.1, -0.05) is 13.8 Å². The summed E-state index contributed by atoms with van der Waals surface area (Å²) in [6.07, 6.45) is 2.59. The molecule has 2 aliphatic rings. The van der Waals surface area contributed by atoms with Crippen molar-refractivity contribution in [2.24, 2.45) is 5.92 Å². The van der Waals surface area contributed by atoms with E-state index < -0.39 is 0 Å². The summed E-state index contributed by atoms with van der Waals surface area (Å²) in [6.45, 7) is 12.3. The molecule has 19 heavy (non-hydrogen) atoms. The highest BCUT2D eigenvalue weighted by Crippen LogP contribution is 2.14. The van der Waals surface area contributed by atoms with Gasteiger partial charge < -0.3 is 15.0 Å². The molecule has 0 radical (unpaired) electrons. The normalized spacial score (nSPS) is 28.1. The maximum atomic E-state index is 5.48. The van der Waals surface area contributed by atoms with E-state index in [0.717, 1.165) is 38.8 Å². The fraction of sp³-hybridized carbons (Fsp3) is 1.00. The highest BCUT2D eigenvalue weighted by atomic mass is 16.5. The van der Waals surface area contributed by atoms with Gasteiger partial charge in [0.15, 0.2) is 0 Å². The standard InChI is InChI=1S/C15H31N3O/c1-13(2)10-15(18-6-8-19-9-7-18)11-16-14-4-5-17(3)12-14/h13-16H,4-12H2,1-3H3. The van der Waals surface area contributed by atoms with E-state index in [4.69, 9.17) is 4.74 Å². The van der Waals surface area contributed by atoms with Gasteiger partial charge in [0.1, 0.15) is 0 Å². The molecule has 4 heteroatoms. The van der Waals surface area contributed by atoms with Crippen LogP contribution in [0.1, 0.15) is 26.7 Å². The number of morpholine rings is 1. The first-order valence-electron chi connectivity index (χ1n) is 7.89. The Labute approximate surface area is 118 Å². The Kier molecular flexibility index (Phi) is 6.07. The number of likely N-dealkylation sites (N-methyl/N-ethyl adjacent to an activating group) is 1. The van der Waals surface area contributed by atoms with E-state index in [2.05, 4.69) is 36.0 Å². The van der Waals surface area contributed by atoms with Crippen LogP contribution in [0.2, 0.25) is 0 Å². The quantitative estimate of drug-likeness (QED) is 0.779. The van der Waals surface area contributed by atoms with Crippen molar-refractivity contribution in [3.8, 4) is 0 Å². The van der Waals surface area contributed by atoms with E-state index in [0.29, 0.717) is 12.1 Å². The third kappa shape index (κ3) is 5.03. The summed E-state index contributed by atoms with van der Waals surface area (Å²) >= 11 is 0. The van der Waals surface area contributed by atoms with Gasteiger partial charge in [0.2, 0.25) is 0 Å². The molecule has 112 valence electrons. The van der Waals surface area contributed by atoms with Crippen molar-refractivity contribution in [3.05, 3.63) is 0 Å². The lowest BCUT2D eigenvalue weighted by Crippen LogP contribution is -2.50. The molecule has 0 aromatic rings. The molecule has 0 saturated carbocycles. The smallest absolute Gasteiger partial charge is 0.0594 e. The monoisotopic (exact) mass is 269 g/mol. The highest BCUT2D eigenvalue weighted by Gasteiger charge is 2.24. The van der Waals surface area contributed by atoms with Crippen LogP contribution in [0.15, 0.2) is 0 Å². The van der Waals surface area contributed by atoms with Gasteiger partial charge in [0.25, 0.3) is 0 Å². The fourth-order valence-electron chi connectivity index (χ4n) is 3.25. The van der Waals surface area contributed by atoms with Crippen LogP contribution >= 0.6 is 0 Å². The Balaban J connectivity index is 1.79. The van der Waals surface area contributed by atoms with Crippen molar-refractivity contribution >= 4 is 0 Å². The summed E-state index contributed by atoms with van der Waals surface area (Å²) in [7, 11) is 2.22. The van der Waals surface area contributed by atoms with Crippen LogP contribution in [0.4, 0.5) is 0 Å². The first-order chi connectivity index (χ1) is 9.15. The second kappa shape index (κ2) is 7.58. The van der Waals surface area contributed by atoms with Gasteiger partial charge in [-0.05, 0) is 32.4 Å². The van der Waals surface area contributed by atoms with Crippen LogP contribution in [0.5, 0.6) is 0 Å². The zero-order valence-corrected chi connectivity index (χ0v) is 12.9. The molecule has 0 amide bonds. The Hall–Kier alpha value is -0.160. The minimum absolute atomic E-state index is 0.676.